The van der Waals surface area contributed by atoms with Crippen molar-refractivity contribution in [2.45, 2.75) is 12.8 Å². The van der Waals surface area contributed by atoms with Crippen molar-refractivity contribution >= 4 is 11.9 Å². The molecule has 14 heavy (non-hydrogen) atoms. The summed E-state index contributed by atoms with van der Waals surface area (Å²) < 4.78 is 4.43. The number of methoxy groups -OCH3 is 1. The van der Waals surface area contributed by atoms with E-state index in [4.69, 9.17) is 0 Å². The number of amides is 1. The molecule has 0 spiro atoms. The van der Waals surface area contributed by atoms with Crippen LogP contribution in [0, 0.1) is 0 Å². The molecule has 0 saturated heterocycles. The van der Waals surface area contributed by atoms with Gasteiger partial charge in [-0.15, -0.1) is 0 Å². The van der Waals surface area contributed by atoms with Gasteiger partial charge in [-0.1, -0.05) is 0 Å². The number of carbonyl (C=O) groups excluding carboxylic acids is 2. The van der Waals surface area contributed by atoms with E-state index in [1.165, 1.54) is 7.11 Å². The molecule has 0 radical (unpaired) electrons. The summed E-state index contributed by atoms with van der Waals surface area (Å²) in [5.41, 5.74) is 0. The second kappa shape index (κ2) is 7.32. The highest BCUT2D eigenvalue weighted by molar-refractivity contribution is 5.77. The van der Waals surface area contributed by atoms with Crippen molar-refractivity contribution in [2.75, 3.05) is 34.3 Å². The van der Waals surface area contributed by atoms with E-state index >= 15 is 0 Å². The van der Waals surface area contributed by atoms with Gasteiger partial charge in [0, 0.05) is 19.5 Å². The summed E-state index contributed by atoms with van der Waals surface area (Å²) in [6.45, 7) is 1.06. The van der Waals surface area contributed by atoms with Crippen LogP contribution in [0.15, 0.2) is 0 Å². The molecular formula is C9H18N2O3. The van der Waals surface area contributed by atoms with Crippen LogP contribution < -0.4 is 5.32 Å². The Morgan fingerprint density at radius 1 is 1.29 bits per heavy atom. The van der Waals surface area contributed by atoms with Crippen molar-refractivity contribution in [3.63, 3.8) is 0 Å². The van der Waals surface area contributed by atoms with Crippen LogP contribution >= 0.6 is 0 Å². The van der Waals surface area contributed by atoms with Gasteiger partial charge in [0.05, 0.1) is 13.5 Å². The van der Waals surface area contributed by atoms with Crippen LogP contribution in [-0.4, -0.2) is 51.1 Å². The minimum atomic E-state index is -0.307. The van der Waals surface area contributed by atoms with Gasteiger partial charge >= 0.3 is 5.97 Å². The maximum absolute atomic E-state index is 11.1. The zero-order valence-electron chi connectivity index (χ0n) is 9.00. The van der Waals surface area contributed by atoms with Gasteiger partial charge in [0.15, 0.2) is 0 Å². The van der Waals surface area contributed by atoms with E-state index in [1.54, 1.807) is 0 Å². The fourth-order valence-electron chi connectivity index (χ4n) is 0.820. The summed E-state index contributed by atoms with van der Waals surface area (Å²) in [6, 6.07) is 0. The van der Waals surface area contributed by atoms with E-state index in [9.17, 15) is 9.59 Å². The number of carbonyl (C=O) groups is 2. The quantitative estimate of drug-likeness (QED) is 0.596. The SMILES string of the molecule is COC(=O)CCNC(=O)CCN(C)C. The van der Waals surface area contributed by atoms with Gasteiger partial charge in [0.25, 0.3) is 0 Å². The Morgan fingerprint density at radius 3 is 2.43 bits per heavy atom. The first-order valence-electron chi connectivity index (χ1n) is 4.54. The molecule has 82 valence electrons. The van der Waals surface area contributed by atoms with Crippen LogP contribution in [0.3, 0.4) is 0 Å². The van der Waals surface area contributed by atoms with Gasteiger partial charge in [0.2, 0.25) is 5.91 Å². The molecular weight excluding hydrogens is 184 g/mol. The third-order valence-electron chi connectivity index (χ3n) is 1.67. The second-order valence-electron chi connectivity index (χ2n) is 3.23. The molecule has 1 amide bonds. The predicted octanol–water partition coefficient (Wildman–Crippen LogP) is -0.383. The highest BCUT2D eigenvalue weighted by atomic mass is 16.5. The highest BCUT2D eigenvalue weighted by Crippen LogP contribution is 1.85. The van der Waals surface area contributed by atoms with Gasteiger partial charge in [0.1, 0.15) is 0 Å². The molecule has 0 aromatic carbocycles. The zero-order valence-corrected chi connectivity index (χ0v) is 9.00. The molecule has 5 heteroatoms. The molecule has 0 heterocycles. The highest BCUT2D eigenvalue weighted by Gasteiger charge is 2.03. The first-order chi connectivity index (χ1) is 6.56. The number of nitrogens with zero attached hydrogens (tertiary/aromatic N) is 1. The van der Waals surface area contributed by atoms with Crippen molar-refractivity contribution in [1.82, 2.24) is 10.2 Å². The molecule has 0 atom stereocenters. The average Bonchev–Trinajstić information content (AvgIpc) is 2.14. The first kappa shape index (κ1) is 12.9. The van der Waals surface area contributed by atoms with Crippen LogP contribution in [0.1, 0.15) is 12.8 Å². The standard InChI is InChI=1S/C9H18N2O3/c1-11(2)7-5-8(12)10-6-4-9(13)14-3/h4-7H2,1-3H3,(H,10,12). The number of esters is 1. The molecule has 1 N–H and O–H groups in total. The summed E-state index contributed by atoms with van der Waals surface area (Å²) in [7, 11) is 5.14. The van der Waals surface area contributed by atoms with Gasteiger partial charge in [-0.05, 0) is 14.1 Å². The molecule has 0 fully saturated rings. The van der Waals surface area contributed by atoms with Crippen molar-refractivity contribution in [1.29, 1.82) is 0 Å². The topological polar surface area (TPSA) is 58.6 Å². The lowest BCUT2D eigenvalue weighted by Gasteiger charge is -2.09. The number of ether oxygens (including phenoxy) is 1. The average molecular weight is 202 g/mol. The van der Waals surface area contributed by atoms with E-state index in [1.807, 2.05) is 19.0 Å². The van der Waals surface area contributed by atoms with E-state index in [0.717, 1.165) is 0 Å². The maximum Gasteiger partial charge on any atom is 0.307 e. The van der Waals surface area contributed by atoms with E-state index in [0.29, 0.717) is 19.5 Å². The fourth-order valence-corrected chi connectivity index (χ4v) is 0.820. The third-order valence-corrected chi connectivity index (χ3v) is 1.67. The monoisotopic (exact) mass is 202 g/mol. The van der Waals surface area contributed by atoms with E-state index in [-0.39, 0.29) is 18.3 Å². The number of hydrogen-bond donors (Lipinski definition) is 1. The predicted molar refractivity (Wildman–Crippen MR) is 52.8 cm³/mol. The zero-order chi connectivity index (χ0) is 11.0. The largest absolute Gasteiger partial charge is 0.469 e. The molecule has 0 unspecified atom stereocenters. The summed E-state index contributed by atoms with van der Waals surface area (Å²) in [5.74, 6) is -0.347. The summed E-state index contributed by atoms with van der Waals surface area (Å²) >= 11 is 0. The van der Waals surface area contributed by atoms with Crippen molar-refractivity contribution < 1.29 is 14.3 Å². The molecule has 0 aliphatic carbocycles. The van der Waals surface area contributed by atoms with Gasteiger partial charge in [-0.3, -0.25) is 9.59 Å². The number of rotatable bonds is 6. The minimum Gasteiger partial charge on any atom is -0.469 e. The van der Waals surface area contributed by atoms with E-state index < -0.39 is 0 Å². The third kappa shape index (κ3) is 7.54. The van der Waals surface area contributed by atoms with Gasteiger partial charge in [-0.2, -0.15) is 0 Å². The minimum absolute atomic E-state index is 0.0393. The molecule has 0 bridgehead atoms. The Bertz CT molecular complexity index is 192. The fraction of sp³-hybridized carbons (Fsp3) is 0.778. The molecule has 0 aliphatic heterocycles. The molecule has 0 aromatic heterocycles. The Labute approximate surface area is 84.4 Å². The Balaban J connectivity index is 3.40. The molecule has 0 saturated carbocycles. The van der Waals surface area contributed by atoms with Crippen LogP contribution in [0.2, 0.25) is 0 Å². The molecule has 0 aromatic rings. The summed E-state index contributed by atoms with van der Waals surface area (Å²) in [6.07, 6.45) is 0.679. The van der Waals surface area contributed by atoms with E-state index in [2.05, 4.69) is 10.1 Å². The Kier molecular flexibility index (Phi) is 6.74. The van der Waals surface area contributed by atoms with Gasteiger partial charge in [-0.25, -0.2) is 0 Å². The van der Waals surface area contributed by atoms with Crippen LogP contribution in [0.25, 0.3) is 0 Å². The lowest BCUT2D eigenvalue weighted by Crippen LogP contribution is -2.29. The Morgan fingerprint density at radius 2 is 1.93 bits per heavy atom. The number of nitrogens with one attached hydrogen (secondary N) is 1. The van der Waals surface area contributed by atoms with Crippen LogP contribution in [0.5, 0.6) is 0 Å². The second-order valence-corrected chi connectivity index (χ2v) is 3.23. The maximum atomic E-state index is 11.1. The smallest absolute Gasteiger partial charge is 0.307 e. The Hall–Kier alpha value is -1.10. The molecule has 0 rings (SSSR count). The number of hydrogen-bond acceptors (Lipinski definition) is 4. The van der Waals surface area contributed by atoms with Crippen molar-refractivity contribution in [3.8, 4) is 0 Å². The van der Waals surface area contributed by atoms with Crippen molar-refractivity contribution in [2.24, 2.45) is 0 Å². The summed E-state index contributed by atoms with van der Waals surface area (Å²) in [5, 5.41) is 2.64. The molecule has 0 aliphatic rings. The first-order valence-corrected chi connectivity index (χ1v) is 4.54. The lowest BCUT2D eigenvalue weighted by atomic mass is 10.3. The normalized spacial score (nSPS) is 10.0. The lowest BCUT2D eigenvalue weighted by molar-refractivity contribution is -0.140. The molecule has 5 nitrogen and oxygen atoms in total. The van der Waals surface area contributed by atoms with Gasteiger partial charge < -0.3 is 15.0 Å². The van der Waals surface area contributed by atoms with Crippen molar-refractivity contribution in [3.05, 3.63) is 0 Å². The van der Waals surface area contributed by atoms with Crippen LogP contribution in [0.4, 0.5) is 0 Å². The summed E-state index contributed by atoms with van der Waals surface area (Å²) in [4.78, 5) is 23.7. The van der Waals surface area contributed by atoms with Crippen LogP contribution in [-0.2, 0) is 14.3 Å².